The SMILES string of the molecule is Bc1c(B)c(B)c(-c2ccc3oc4c(-c5nc(-c6ccccc6)nc(-c6cccc7c6oc6ccccc67)n5)cccc4c3c2)c(B)c1B. The van der Waals surface area contributed by atoms with Crippen molar-refractivity contribution in [2.75, 3.05) is 0 Å². The molecule has 9 aromatic rings. The summed E-state index contributed by atoms with van der Waals surface area (Å²) in [5.41, 5.74) is 14.8. The van der Waals surface area contributed by atoms with Gasteiger partial charge in [0.15, 0.2) is 17.5 Å². The highest BCUT2D eigenvalue weighted by atomic mass is 16.3. The van der Waals surface area contributed by atoms with Crippen LogP contribution >= 0.6 is 0 Å². The molecule has 0 aliphatic heterocycles. The Kier molecular flexibility index (Phi) is 6.70. The molecule has 0 fully saturated rings. The fourth-order valence-corrected chi connectivity index (χ4v) is 7.32. The zero-order valence-corrected chi connectivity index (χ0v) is 28.1. The molecule has 0 unspecified atom stereocenters. The van der Waals surface area contributed by atoms with Gasteiger partial charge in [0.1, 0.15) is 61.6 Å². The molecule has 0 saturated carbocycles. The van der Waals surface area contributed by atoms with E-state index in [4.69, 9.17) is 23.8 Å². The van der Waals surface area contributed by atoms with E-state index in [1.165, 1.54) is 38.4 Å². The predicted octanol–water partition coefficient (Wildman–Crippen LogP) is 1.63. The maximum absolute atomic E-state index is 6.64. The third-order valence-corrected chi connectivity index (χ3v) is 10.3. The molecule has 0 aliphatic carbocycles. The second-order valence-electron chi connectivity index (χ2n) is 12.9. The molecule has 0 amide bonds. The zero-order chi connectivity index (χ0) is 33.4. The lowest BCUT2D eigenvalue weighted by Crippen LogP contribution is -2.55. The highest BCUT2D eigenvalue weighted by Crippen LogP contribution is 2.39. The quantitative estimate of drug-likeness (QED) is 0.279. The van der Waals surface area contributed by atoms with E-state index in [9.17, 15) is 0 Å². The molecule has 226 valence electrons. The van der Waals surface area contributed by atoms with Crippen molar-refractivity contribution >= 4 is 110 Å². The van der Waals surface area contributed by atoms with Crippen molar-refractivity contribution in [2.45, 2.75) is 0 Å². The zero-order valence-electron chi connectivity index (χ0n) is 28.1. The van der Waals surface area contributed by atoms with Crippen LogP contribution in [0.2, 0.25) is 0 Å². The second kappa shape index (κ2) is 11.2. The van der Waals surface area contributed by atoms with Gasteiger partial charge in [0, 0.05) is 27.1 Å². The molecular formula is C39H28B5N3O2. The number of hydrogen-bond donors (Lipinski definition) is 0. The standard InChI is InChI=1S/C39H28B5N3O2/c40-30-29(31(41)33(43)34(44)32(30)42)20-16-17-28-26(18-20)23-12-7-14-25(36(23)49-28)39-46-37(19-8-2-1-3-9-19)45-38(47-39)24-13-6-11-22-21-10-4-5-15-27(21)48-35(22)24/h1-18H,40-44H2. The summed E-state index contributed by atoms with van der Waals surface area (Å²) in [7, 11) is 11.1. The van der Waals surface area contributed by atoms with Crippen LogP contribution in [0.5, 0.6) is 0 Å². The van der Waals surface area contributed by atoms with Crippen molar-refractivity contribution in [2.24, 2.45) is 0 Å². The van der Waals surface area contributed by atoms with Crippen LogP contribution in [-0.4, -0.2) is 54.2 Å². The maximum Gasteiger partial charge on any atom is 0.167 e. The molecule has 0 N–H and O–H groups in total. The molecule has 0 spiro atoms. The lowest BCUT2D eigenvalue weighted by atomic mass is 9.59. The summed E-state index contributed by atoms with van der Waals surface area (Å²) in [5, 5.41) is 4.17. The molecule has 10 heteroatoms. The summed E-state index contributed by atoms with van der Waals surface area (Å²) >= 11 is 0. The van der Waals surface area contributed by atoms with Gasteiger partial charge in [0.2, 0.25) is 0 Å². The van der Waals surface area contributed by atoms with Crippen molar-refractivity contribution < 1.29 is 8.83 Å². The van der Waals surface area contributed by atoms with E-state index in [1.807, 2.05) is 66.7 Å². The average molecular weight is 625 g/mol. The summed E-state index contributed by atoms with van der Waals surface area (Å²) in [6.45, 7) is 0. The van der Waals surface area contributed by atoms with Crippen LogP contribution in [-0.2, 0) is 0 Å². The first-order valence-corrected chi connectivity index (χ1v) is 16.6. The first-order valence-electron chi connectivity index (χ1n) is 16.6. The van der Waals surface area contributed by atoms with Crippen LogP contribution in [0, 0.1) is 0 Å². The minimum atomic E-state index is 0.540. The van der Waals surface area contributed by atoms with Crippen molar-refractivity contribution in [3.8, 4) is 45.3 Å². The monoisotopic (exact) mass is 625 g/mol. The van der Waals surface area contributed by atoms with Crippen LogP contribution < -0.4 is 27.3 Å². The minimum absolute atomic E-state index is 0.540. The van der Waals surface area contributed by atoms with E-state index in [-0.39, 0.29) is 0 Å². The molecule has 6 aromatic carbocycles. The lowest BCUT2D eigenvalue weighted by molar-refractivity contribution is 0.669. The minimum Gasteiger partial charge on any atom is -0.455 e. The third kappa shape index (κ3) is 4.58. The van der Waals surface area contributed by atoms with Gasteiger partial charge >= 0.3 is 0 Å². The van der Waals surface area contributed by atoms with Crippen molar-refractivity contribution in [3.63, 3.8) is 0 Å². The van der Waals surface area contributed by atoms with Gasteiger partial charge in [-0.25, -0.2) is 15.0 Å². The van der Waals surface area contributed by atoms with E-state index in [0.29, 0.717) is 17.5 Å². The fraction of sp³-hybridized carbons (Fsp3) is 0. The van der Waals surface area contributed by atoms with E-state index >= 15 is 0 Å². The smallest absolute Gasteiger partial charge is 0.167 e. The van der Waals surface area contributed by atoms with Crippen LogP contribution in [0.3, 0.4) is 0 Å². The highest BCUT2D eigenvalue weighted by Gasteiger charge is 2.21. The van der Waals surface area contributed by atoms with Gasteiger partial charge < -0.3 is 8.83 Å². The number of rotatable bonds is 4. The Bertz CT molecular complexity index is 2760. The van der Waals surface area contributed by atoms with E-state index in [2.05, 4.69) is 81.7 Å². The van der Waals surface area contributed by atoms with Gasteiger partial charge in [-0.05, 0) is 41.5 Å². The third-order valence-electron chi connectivity index (χ3n) is 10.3. The number of hydrogen-bond acceptors (Lipinski definition) is 5. The molecule has 0 saturated heterocycles. The van der Waals surface area contributed by atoms with Crippen LogP contribution in [0.1, 0.15) is 0 Å². The summed E-state index contributed by atoms with van der Waals surface area (Å²) in [6, 6.07) is 37.0. The number of furan rings is 2. The average Bonchev–Trinajstić information content (AvgIpc) is 3.72. The normalized spacial score (nSPS) is 11.7. The van der Waals surface area contributed by atoms with Gasteiger partial charge in [-0.2, -0.15) is 0 Å². The second-order valence-corrected chi connectivity index (χ2v) is 12.9. The molecule has 3 aromatic heterocycles. The number of fused-ring (bicyclic) bond motifs is 6. The number of aromatic nitrogens is 3. The molecule has 3 heterocycles. The van der Waals surface area contributed by atoms with Gasteiger partial charge in [-0.3, -0.25) is 0 Å². The van der Waals surface area contributed by atoms with Crippen molar-refractivity contribution in [1.29, 1.82) is 0 Å². The summed E-state index contributed by atoms with van der Waals surface area (Å²) in [5.74, 6) is 1.67. The molecule has 49 heavy (non-hydrogen) atoms. The van der Waals surface area contributed by atoms with Crippen molar-refractivity contribution in [1.82, 2.24) is 15.0 Å². The Labute approximate surface area is 287 Å². The number of nitrogens with zero attached hydrogens (tertiary/aromatic N) is 3. The first kappa shape index (κ1) is 29.4. The van der Waals surface area contributed by atoms with E-state index in [1.54, 1.807) is 0 Å². The summed E-state index contributed by atoms with van der Waals surface area (Å²) in [6.07, 6.45) is 0. The molecule has 0 atom stereocenters. The van der Waals surface area contributed by atoms with Crippen LogP contribution in [0.25, 0.3) is 89.2 Å². The highest BCUT2D eigenvalue weighted by molar-refractivity contribution is 6.68. The van der Waals surface area contributed by atoms with Gasteiger partial charge in [-0.15, -0.1) is 16.4 Å². The molecule has 9 rings (SSSR count). The Morgan fingerprint density at radius 2 is 0.898 bits per heavy atom. The van der Waals surface area contributed by atoms with Gasteiger partial charge in [-0.1, -0.05) is 89.8 Å². The Morgan fingerprint density at radius 1 is 0.388 bits per heavy atom. The van der Waals surface area contributed by atoms with Gasteiger partial charge in [0.05, 0.1) is 11.1 Å². The van der Waals surface area contributed by atoms with E-state index in [0.717, 1.165) is 60.6 Å². The number of benzene rings is 6. The Balaban J connectivity index is 1.27. The van der Waals surface area contributed by atoms with Gasteiger partial charge in [0.25, 0.3) is 0 Å². The largest absolute Gasteiger partial charge is 0.455 e. The summed E-state index contributed by atoms with van der Waals surface area (Å²) < 4.78 is 13.0. The number of para-hydroxylation sites is 3. The fourth-order valence-electron chi connectivity index (χ4n) is 7.32. The van der Waals surface area contributed by atoms with Crippen LogP contribution in [0.15, 0.2) is 118 Å². The maximum atomic E-state index is 6.64. The molecular weight excluding hydrogens is 597 g/mol. The van der Waals surface area contributed by atoms with Crippen LogP contribution in [0.4, 0.5) is 0 Å². The molecule has 5 nitrogen and oxygen atoms in total. The first-order chi connectivity index (χ1) is 23.9. The van der Waals surface area contributed by atoms with E-state index < -0.39 is 0 Å². The molecule has 0 radical (unpaired) electrons. The topological polar surface area (TPSA) is 65.0 Å². The van der Waals surface area contributed by atoms with Crippen molar-refractivity contribution in [3.05, 3.63) is 109 Å². The Hall–Kier alpha value is -5.75. The Morgan fingerprint density at radius 3 is 1.55 bits per heavy atom. The lowest BCUT2D eigenvalue weighted by Gasteiger charge is -2.20. The summed E-state index contributed by atoms with van der Waals surface area (Å²) in [4.78, 5) is 15.2. The molecule has 0 bridgehead atoms. The predicted molar refractivity (Wildman–Crippen MR) is 217 cm³/mol. The molecule has 0 aliphatic rings.